The van der Waals surface area contributed by atoms with Crippen LogP contribution < -0.4 is 0 Å². The molecule has 110 valence electrons. The second-order valence-electron chi connectivity index (χ2n) is 5.92. The van der Waals surface area contributed by atoms with Crippen molar-refractivity contribution in [2.75, 3.05) is 0 Å². The van der Waals surface area contributed by atoms with Gasteiger partial charge in [-0.15, -0.1) is 0 Å². The van der Waals surface area contributed by atoms with Gasteiger partial charge in [0.1, 0.15) is 0 Å². The van der Waals surface area contributed by atoms with E-state index in [9.17, 15) is 4.79 Å². The number of aryl methyl sites for hydroxylation is 1. The van der Waals surface area contributed by atoms with Crippen LogP contribution in [0.3, 0.4) is 0 Å². The molecule has 0 aliphatic rings. The fourth-order valence-corrected chi connectivity index (χ4v) is 3.23. The highest BCUT2D eigenvalue weighted by Crippen LogP contribution is 2.33. The van der Waals surface area contributed by atoms with Crippen molar-refractivity contribution in [3.63, 3.8) is 0 Å². The standard InChI is InChI=1S/C22H16O/c1-15-10-16-6-2-4-8-18(16)12-21(15)22-13-19-9-5-3-7-17(19)11-20(22)14-23/h2-14H,1H3. The summed E-state index contributed by atoms with van der Waals surface area (Å²) in [7, 11) is 0. The van der Waals surface area contributed by atoms with Crippen LogP contribution in [0.5, 0.6) is 0 Å². The van der Waals surface area contributed by atoms with Gasteiger partial charge >= 0.3 is 0 Å². The van der Waals surface area contributed by atoms with E-state index in [1.807, 2.05) is 36.4 Å². The number of carbonyl (C=O) groups is 1. The second-order valence-corrected chi connectivity index (χ2v) is 5.92. The summed E-state index contributed by atoms with van der Waals surface area (Å²) in [5.74, 6) is 0. The number of hydrogen-bond donors (Lipinski definition) is 0. The number of carbonyl (C=O) groups excluding carboxylic acids is 1. The fraction of sp³-hybridized carbons (Fsp3) is 0.0455. The molecule has 0 aromatic heterocycles. The Hall–Kier alpha value is -2.93. The zero-order valence-corrected chi connectivity index (χ0v) is 12.9. The summed E-state index contributed by atoms with van der Waals surface area (Å²) in [5, 5.41) is 4.66. The topological polar surface area (TPSA) is 17.1 Å². The maximum absolute atomic E-state index is 11.6. The van der Waals surface area contributed by atoms with E-state index in [0.29, 0.717) is 0 Å². The normalized spacial score (nSPS) is 11.0. The number of rotatable bonds is 2. The molecule has 0 saturated heterocycles. The van der Waals surface area contributed by atoms with Crippen LogP contribution in [0.4, 0.5) is 0 Å². The van der Waals surface area contributed by atoms with E-state index in [-0.39, 0.29) is 0 Å². The van der Waals surface area contributed by atoms with Gasteiger partial charge in [0.15, 0.2) is 6.29 Å². The first-order chi connectivity index (χ1) is 11.3. The number of fused-ring (bicyclic) bond motifs is 2. The summed E-state index contributed by atoms with van der Waals surface area (Å²) >= 11 is 0. The molecule has 0 unspecified atom stereocenters. The third-order valence-electron chi connectivity index (χ3n) is 4.43. The van der Waals surface area contributed by atoms with Crippen LogP contribution in [0.1, 0.15) is 15.9 Å². The van der Waals surface area contributed by atoms with Crippen molar-refractivity contribution in [2.45, 2.75) is 6.92 Å². The van der Waals surface area contributed by atoms with Gasteiger partial charge in [-0.05, 0) is 63.4 Å². The van der Waals surface area contributed by atoms with Gasteiger partial charge in [-0.2, -0.15) is 0 Å². The maximum Gasteiger partial charge on any atom is 0.150 e. The zero-order chi connectivity index (χ0) is 15.8. The average molecular weight is 296 g/mol. The Morgan fingerprint density at radius 2 is 1.13 bits per heavy atom. The van der Waals surface area contributed by atoms with Gasteiger partial charge in [0.25, 0.3) is 0 Å². The molecular weight excluding hydrogens is 280 g/mol. The first kappa shape index (κ1) is 13.7. The molecule has 1 heteroatoms. The van der Waals surface area contributed by atoms with E-state index in [2.05, 4.69) is 43.3 Å². The van der Waals surface area contributed by atoms with Crippen molar-refractivity contribution in [3.8, 4) is 11.1 Å². The van der Waals surface area contributed by atoms with Crippen molar-refractivity contribution in [1.82, 2.24) is 0 Å². The Morgan fingerprint density at radius 3 is 1.70 bits per heavy atom. The molecule has 0 spiro atoms. The molecular formula is C22H16O. The van der Waals surface area contributed by atoms with Crippen molar-refractivity contribution in [1.29, 1.82) is 0 Å². The van der Waals surface area contributed by atoms with Crippen LogP contribution in [0.15, 0.2) is 72.8 Å². The van der Waals surface area contributed by atoms with E-state index in [0.717, 1.165) is 33.7 Å². The van der Waals surface area contributed by atoms with Crippen LogP contribution in [0.25, 0.3) is 32.7 Å². The van der Waals surface area contributed by atoms with Gasteiger partial charge in [-0.3, -0.25) is 4.79 Å². The van der Waals surface area contributed by atoms with Crippen LogP contribution in [0, 0.1) is 6.92 Å². The minimum Gasteiger partial charge on any atom is -0.298 e. The summed E-state index contributed by atoms with van der Waals surface area (Å²) in [5.41, 5.74) is 4.04. The quantitative estimate of drug-likeness (QED) is 0.428. The molecule has 4 aromatic rings. The Kier molecular flexibility index (Phi) is 3.20. The first-order valence-electron chi connectivity index (χ1n) is 7.74. The number of aldehydes is 1. The minimum absolute atomic E-state index is 0.738. The summed E-state index contributed by atoms with van der Waals surface area (Å²) in [6.45, 7) is 2.10. The predicted molar refractivity (Wildman–Crippen MR) is 97.0 cm³/mol. The molecule has 4 aromatic carbocycles. The van der Waals surface area contributed by atoms with Gasteiger partial charge in [0, 0.05) is 5.56 Å². The zero-order valence-electron chi connectivity index (χ0n) is 12.9. The highest BCUT2D eigenvalue weighted by molar-refractivity contribution is 6.00. The second kappa shape index (κ2) is 5.36. The molecule has 0 bridgehead atoms. The lowest BCUT2D eigenvalue weighted by Gasteiger charge is -2.12. The summed E-state index contributed by atoms with van der Waals surface area (Å²) in [4.78, 5) is 11.6. The molecule has 0 amide bonds. The Morgan fingerprint density at radius 1 is 0.652 bits per heavy atom. The molecule has 0 saturated carbocycles. The highest BCUT2D eigenvalue weighted by atomic mass is 16.1. The van der Waals surface area contributed by atoms with Crippen molar-refractivity contribution in [2.24, 2.45) is 0 Å². The third kappa shape index (κ3) is 2.31. The lowest BCUT2D eigenvalue weighted by Crippen LogP contribution is -1.91. The smallest absolute Gasteiger partial charge is 0.150 e. The van der Waals surface area contributed by atoms with Crippen LogP contribution in [-0.2, 0) is 0 Å². The van der Waals surface area contributed by atoms with E-state index in [1.165, 1.54) is 16.3 Å². The molecule has 1 nitrogen and oxygen atoms in total. The highest BCUT2D eigenvalue weighted by Gasteiger charge is 2.10. The van der Waals surface area contributed by atoms with Crippen LogP contribution in [-0.4, -0.2) is 6.29 Å². The number of hydrogen-bond acceptors (Lipinski definition) is 1. The third-order valence-corrected chi connectivity index (χ3v) is 4.43. The SMILES string of the molecule is Cc1cc2ccccc2cc1-c1cc2ccccc2cc1C=O. The van der Waals surface area contributed by atoms with Crippen molar-refractivity contribution < 1.29 is 4.79 Å². The molecule has 23 heavy (non-hydrogen) atoms. The predicted octanol–water partition coefficient (Wildman–Crippen LogP) is 5.78. The van der Waals surface area contributed by atoms with Crippen LogP contribution >= 0.6 is 0 Å². The van der Waals surface area contributed by atoms with E-state index >= 15 is 0 Å². The largest absolute Gasteiger partial charge is 0.298 e. The monoisotopic (exact) mass is 296 g/mol. The van der Waals surface area contributed by atoms with Gasteiger partial charge in [0.05, 0.1) is 0 Å². The Labute approximate surface area is 135 Å². The molecule has 0 atom stereocenters. The van der Waals surface area contributed by atoms with Gasteiger partial charge in [-0.1, -0.05) is 54.6 Å². The summed E-state index contributed by atoms with van der Waals surface area (Å²) < 4.78 is 0. The fourth-order valence-electron chi connectivity index (χ4n) is 3.23. The minimum atomic E-state index is 0.738. The van der Waals surface area contributed by atoms with Gasteiger partial charge in [-0.25, -0.2) is 0 Å². The molecule has 4 rings (SSSR count). The Bertz CT molecular complexity index is 1040. The molecule has 0 aliphatic carbocycles. The number of benzene rings is 4. The summed E-state index contributed by atoms with van der Waals surface area (Å²) in [6.07, 6.45) is 0.955. The average Bonchev–Trinajstić information content (AvgIpc) is 2.60. The Balaban J connectivity index is 2.04. The first-order valence-corrected chi connectivity index (χ1v) is 7.74. The molecule has 0 fully saturated rings. The van der Waals surface area contributed by atoms with Gasteiger partial charge in [0.2, 0.25) is 0 Å². The van der Waals surface area contributed by atoms with E-state index in [1.54, 1.807) is 0 Å². The summed E-state index contributed by atoms with van der Waals surface area (Å²) in [6, 6.07) is 24.9. The van der Waals surface area contributed by atoms with Crippen molar-refractivity contribution >= 4 is 27.8 Å². The van der Waals surface area contributed by atoms with Crippen LogP contribution in [0.2, 0.25) is 0 Å². The van der Waals surface area contributed by atoms with Crippen molar-refractivity contribution in [3.05, 3.63) is 83.9 Å². The molecule has 0 heterocycles. The molecule has 0 radical (unpaired) electrons. The lowest BCUT2D eigenvalue weighted by molar-refractivity contribution is 0.112. The lowest BCUT2D eigenvalue weighted by atomic mass is 9.91. The van der Waals surface area contributed by atoms with E-state index in [4.69, 9.17) is 0 Å². The maximum atomic E-state index is 11.6. The van der Waals surface area contributed by atoms with Gasteiger partial charge < -0.3 is 0 Å². The molecule has 0 aliphatic heterocycles. The van der Waals surface area contributed by atoms with E-state index < -0.39 is 0 Å². The molecule has 0 N–H and O–H groups in total.